The Morgan fingerprint density at radius 3 is 3.21 bits per heavy atom. The molecule has 1 fully saturated rings. The molecule has 2 aliphatic heterocycles. The van der Waals surface area contributed by atoms with E-state index in [1.165, 1.54) is 5.06 Å². The second-order valence-corrected chi connectivity index (χ2v) is 4.57. The van der Waals surface area contributed by atoms with E-state index in [4.69, 9.17) is 4.84 Å². The van der Waals surface area contributed by atoms with Gasteiger partial charge in [0, 0.05) is 25.5 Å². The smallest absolute Gasteiger partial charge is 0.316 e. The number of pyridine rings is 1. The molecule has 2 amide bonds. The van der Waals surface area contributed by atoms with Crippen molar-refractivity contribution >= 4 is 11.6 Å². The van der Waals surface area contributed by atoms with Gasteiger partial charge in [0.1, 0.15) is 0 Å². The van der Waals surface area contributed by atoms with Crippen LogP contribution in [0.2, 0.25) is 0 Å². The minimum Gasteiger partial charge on any atom is -0.316 e. The van der Waals surface area contributed by atoms with Gasteiger partial charge in [-0.3, -0.25) is 9.82 Å². The van der Waals surface area contributed by atoms with Gasteiger partial charge >= 0.3 is 6.03 Å². The van der Waals surface area contributed by atoms with Crippen LogP contribution in [0.15, 0.2) is 43.3 Å². The highest BCUT2D eigenvalue weighted by Crippen LogP contribution is 2.29. The van der Waals surface area contributed by atoms with Crippen molar-refractivity contribution in [1.82, 2.24) is 14.9 Å². The van der Waals surface area contributed by atoms with Gasteiger partial charge in [-0.1, -0.05) is 18.2 Å². The Labute approximate surface area is 111 Å². The maximum Gasteiger partial charge on any atom is 0.344 e. The van der Waals surface area contributed by atoms with E-state index in [2.05, 4.69) is 17.6 Å². The number of urea groups is 1. The van der Waals surface area contributed by atoms with Crippen LogP contribution in [0.25, 0.3) is 5.57 Å². The monoisotopic (exact) mass is 257 g/mol. The number of nitrogens with zero attached hydrogens (tertiary/aromatic N) is 3. The van der Waals surface area contributed by atoms with Crippen molar-refractivity contribution in [3.8, 4) is 0 Å². The zero-order chi connectivity index (χ0) is 13.2. The minimum absolute atomic E-state index is 0.0311. The van der Waals surface area contributed by atoms with Gasteiger partial charge < -0.3 is 4.90 Å². The van der Waals surface area contributed by atoms with Gasteiger partial charge in [0.15, 0.2) is 0 Å². The van der Waals surface area contributed by atoms with Gasteiger partial charge in [0.2, 0.25) is 0 Å². The lowest BCUT2D eigenvalue weighted by molar-refractivity contribution is -0.107. The maximum atomic E-state index is 12.1. The molecule has 0 saturated carbocycles. The molecule has 1 atom stereocenters. The summed E-state index contributed by atoms with van der Waals surface area (Å²) in [7, 11) is 0. The third-order valence-electron chi connectivity index (χ3n) is 3.29. The Kier molecular flexibility index (Phi) is 3.05. The van der Waals surface area contributed by atoms with Gasteiger partial charge in [0.05, 0.1) is 12.6 Å². The normalized spacial score (nSPS) is 21.6. The van der Waals surface area contributed by atoms with Gasteiger partial charge in [-0.25, -0.2) is 4.79 Å². The summed E-state index contributed by atoms with van der Waals surface area (Å²) in [4.78, 5) is 23.4. The SMILES string of the molecule is C=CCON1C(=O)N2CC(c3cccnc3)=CC1C2. The van der Waals surface area contributed by atoms with E-state index in [9.17, 15) is 4.79 Å². The van der Waals surface area contributed by atoms with Crippen molar-refractivity contribution in [2.75, 3.05) is 19.7 Å². The van der Waals surface area contributed by atoms with Crippen LogP contribution in [-0.4, -0.2) is 46.7 Å². The molecule has 0 N–H and O–H groups in total. The van der Waals surface area contributed by atoms with Crippen LogP contribution < -0.4 is 0 Å². The highest BCUT2D eigenvalue weighted by molar-refractivity contribution is 5.82. The number of fused-ring (bicyclic) bond motifs is 2. The topological polar surface area (TPSA) is 45.7 Å². The Bertz CT molecular complexity index is 527. The van der Waals surface area contributed by atoms with E-state index in [1.54, 1.807) is 17.2 Å². The summed E-state index contributed by atoms with van der Waals surface area (Å²) < 4.78 is 0. The molecule has 19 heavy (non-hydrogen) atoms. The number of aromatic nitrogens is 1. The highest BCUT2D eigenvalue weighted by Gasteiger charge is 2.40. The van der Waals surface area contributed by atoms with E-state index in [0.29, 0.717) is 19.7 Å². The summed E-state index contributed by atoms with van der Waals surface area (Å²) >= 11 is 0. The molecule has 1 unspecified atom stereocenters. The second-order valence-electron chi connectivity index (χ2n) is 4.57. The first-order valence-corrected chi connectivity index (χ1v) is 6.22. The molecule has 98 valence electrons. The Hall–Kier alpha value is -2.14. The third kappa shape index (κ3) is 2.13. The number of hydrogen-bond acceptors (Lipinski definition) is 3. The Balaban J connectivity index is 1.85. The molecule has 0 radical (unpaired) electrons. The predicted molar refractivity (Wildman–Crippen MR) is 71.0 cm³/mol. The molecule has 5 heteroatoms. The highest BCUT2D eigenvalue weighted by atomic mass is 16.7. The summed E-state index contributed by atoms with van der Waals surface area (Å²) in [6.45, 7) is 5.22. The van der Waals surface area contributed by atoms with Crippen molar-refractivity contribution in [2.45, 2.75) is 6.04 Å². The maximum absolute atomic E-state index is 12.1. The first kappa shape index (κ1) is 11.9. The number of amides is 2. The standard InChI is InChI=1S/C14H15N3O2/c1-2-6-19-17-13-7-12(9-16(10-13)14(17)18)11-4-3-5-15-8-11/h2-5,7-8,13H,1,6,9-10H2. The molecule has 3 rings (SSSR count). The number of rotatable bonds is 4. The largest absolute Gasteiger partial charge is 0.344 e. The molecule has 1 saturated heterocycles. The molecule has 1 aromatic rings. The van der Waals surface area contributed by atoms with E-state index in [1.807, 2.05) is 18.3 Å². The van der Waals surface area contributed by atoms with Gasteiger partial charge in [-0.15, -0.1) is 6.58 Å². The van der Waals surface area contributed by atoms with Crippen molar-refractivity contribution in [3.05, 3.63) is 48.8 Å². The van der Waals surface area contributed by atoms with Crippen LogP contribution in [0.1, 0.15) is 5.56 Å². The summed E-state index contributed by atoms with van der Waals surface area (Å²) in [6.07, 6.45) is 7.28. The number of carbonyl (C=O) groups excluding carboxylic acids is 1. The first-order valence-electron chi connectivity index (χ1n) is 6.22. The fraction of sp³-hybridized carbons (Fsp3) is 0.286. The first-order chi connectivity index (χ1) is 9.29. The molecule has 1 aromatic heterocycles. The second kappa shape index (κ2) is 4.85. The zero-order valence-electron chi connectivity index (χ0n) is 10.5. The molecule has 5 nitrogen and oxygen atoms in total. The van der Waals surface area contributed by atoms with E-state index in [-0.39, 0.29) is 12.1 Å². The van der Waals surface area contributed by atoms with Crippen molar-refractivity contribution in [1.29, 1.82) is 0 Å². The van der Waals surface area contributed by atoms with Gasteiger partial charge in [-0.2, -0.15) is 5.06 Å². The zero-order valence-corrected chi connectivity index (χ0v) is 10.5. The van der Waals surface area contributed by atoms with Crippen LogP contribution in [-0.2, 0) is 4.84 Å². The fourth-order valence-corrected chi connectivity index (χ4v) is 2.43. The van der Waals surface area contributed by atoms with Crippen LogP contribution in [0.5, 0.6) is 0 Å². The molecule has 0 aromatic carbocycles. The Morgan fingerprint density at radius 2 is 2.47 bits per heavy atom. The Morgan fingerprint density at radius 1 is 1.58 bits per heavy atom. The number of hydroxylamine groups is 2. The van der Waals surface area contributed by atoms with Gasteiger partial charge in [-0.05, 0) is 17.2 Å². The average molecular weight is 257 g/mol. The molecule has 3 heterocycles. The molecule has 2 bridgehead atoms. The average Bonchev–Trinajstić information content (AvgIpc) is 2.68. The van der Waals surface area contributed by atoms with E-state index < -0.39 is 0 Å². The lowest BCUT2D eigenvalue weighted by Gasteiger charge is -2.21. The van der Waals surface area contributed by atoms with Gasteiger partial charge in [0.25, 0.3) is 0 Å². The van der Waals surface area contributed by atoms with Crippen LogP contribution >= 0.6 is 0 Å². The number of hydrogen-bond donors (Lipinski definition) is 0. The summed E-state index contributed by atoms with van der Waals surface area (Å²) in [5, 5.41) is 1.44. The van der Waals surface area contributed by atoms with Crippen LogP contribution in [0.4, 0.5) is 4.79 Å². The lowest BCUT2D eigenvalue weighted by atomic mass is 10.0. The lowest BCUT2D eigenvalue weighted by Crippen LogP contribution is -2.33. The van der Waals surface area contributed by atoms with Crippen molar-refractivity contribution in [2.24, 2.45) is 0 Å². The van der Waals surface area contributed by atoms with E-state index in [0.717, 1.165) is 11.1 Å². The minimum atomic E-state index is -0.0815. The molecule has 2 aliphatic rings. The molecule has 0 spiro atoms. The summed E-state index contributed by atoms with van der Waals surface area (Å²) in [6, 6.07) is 3.79. The predicted octanol–water partition coefficient (Wildman–Crippen LogP) is 1.70. The fourth-order valence-electron chi connectivity index (χ4n) is 2.43. The molecular weight excluding hydrogens is 242 g/mol. The van der Waals surface area contributed by atoms with Crippen LogP contribution in [0.3, 0.4) is 0 Å². The van der Waals surface area contributed by atoms with Crippen LogP contribution in [0, 0.1) is 0 Å². The third-order valence-corrected chi connectivity index (χ3v) is 3.29. The van der Waals surface area contributed by atoms with Crippen molar-refractivity contribution in [3.63, 3.8) is 0 Å². The summed E-state index contributed by atoms with van der Waals surface area (Å²) in [5.41, 5.74) is 2.16. The quantitative estimate of drug-likeness (QED) is 0.771. The van der Waals surface area contributed by atoms with Crippen molar-refractivity contribution < 1.29 is 9.63 Å². The molecular formula is C14H15N3O2. The van der Waals surface area contributed by atoms with E-state index >= 15 is 0 Å². The molecule has 0 aliphatic carbocycles. The summed E-state index contributed by atoms with van der Waals surface area (Å²) in [5.74, 6) is 0. The number of carbonyl (C=O) groups is 1.